The number of carbonyl (C=O) groups excluding carboxylic acids is 1. The molecule has 1 amide bonds. The van der Waals surface area contributed by atoms with Crippen LogP contribution in [0.25, 0.3) is 37.7 Å². The van der Waals surface area contributed by atoms with Crippen molar-refractivity contribution in [3.63, 3.8) is 0 Å². The molecule has 8 rings (SSSR count). The fourth-order valence-electron chi connectivity index (χ4n) is 8.12. The van der Waals surface area contributed by atoms with Gasteiger partial charge in [-0.05, 0) is 91.9 Å². The predicted octanol–water partition coefficient (Wildman–Crippen LogP) is 8.91. The molecule has 8 aromatic rings. The number of hydrogen-bond acceptors (Lipinski definition) is 25. The molecule has 0 aliphatic rings. The second-order valence-electron chi connectivity index (χ2n) is 17.7. The number of amides is 1. The molecule has 0 atom stereocenters. The minimum atomic E-state index is -5.10. The number of aromatic hydroxyl groups is 1. The van der Waals surface area contributed by atoms with Crippen LogP contribution in [-0.2, 0) is 62.0 Å². The Morgan fingerprint density at radius 2 is 1.43 bits per heavy atom. The van der Waals surface area contributed by atoms with Crippen LogP contribution >= 0.6 is 23.1 Å². The molecular weight excluding hydrogens is 1240 g/mol. The summed E-state index contributed by atoms with van der Waals surface area (Å²) in [7, 11) is -23.6. The topological polar surface area (TPSA) is 479 Å². The number of thioether (sulfide) groups is 1. The van der Waals surface area contributed by atoms with E-state index in [0.717, 1.165) is 58.7 Å². The lowest BCUT2D eigenvalue weighted by Gasteiger charge is -2.12. The smallest absolute Gasteiger partial charge is 0.298 e. The molecule has 3 heterocycles. The van der Waals surface area contributed by atoms with Crippen molar-refractivity contribution in [3.8, 4) is 17.7 Å². The van der Waals surface area contributed by atoms with E-state index in [1.807, 2.05) is 6.07 Å². The average Bonchev–Trinajstić information content (AvgIpc) is 1.91. The van der Waals surface area contributed by atoms with Crippen molar-refractivity contribution in [3.05, 3.63) is 82.9 Å². The van der Waals surface area contributed by atoms with Crippen LogP contribution in [-0.4, -0.2) is 119 Å². The van der Waals surface area contributed by atoms with Crippen molar-refractivity contribution in [1.82, 2.24) is 14.4 Å². The largest absolute Gasteiger partial charge is 0.493 e. The Labute approximate surface area is 478 Å². The maximum atomic E-state index is 12.6. The number of aliphatic hydroxyl groups excluding tert-OH is 1. The number of carbonyl (C=O) groups is 1. The Kier molecular flexibility index (Phi) is 17.5. The number of ether oxygens (including phenoxy) is 1. The number of nitriles is 1. The predicted molar refractivity (Wildman–Crippen MR) is 299 cm³/mol. The van der Waals surface area contributed by atoms with Gasteiger partial charge in [-0.3, -0.25) is 32.0 Å². The number of pyridine rings is 1. The number of rotatable bonds is 21. The van der Waals surface area contributed by atoms with Crippen LogP contribution in [0.4, 0.5) is 39.3 Å². The van der Waals surface area contributed by atoms with Gasteiger partial charge in [0.25, 0.3) is 50.6 Å². The van der Waals surface area contributed by atoms with E-state index >= 15 is 0 Å². The van der Waals surface area contributed by atoms with Gasteiger partial charge in [0.05, 0.1) is 62.6 Å². The van der Waals surface area contributed by atoms with Crippen LogP contribution in [0.3, 0.4) is 0 Å². The number of nitrogens with one attached hydrogen (secondary N) is 1. The van der Waals surface area contributed by atoms with Crippen molar-refractivity contribution in [2.24, 2.45) is 30.7 Å². The SMILES string of the molecule is CC(=O)Nc1ccc2c(nc3c(C#N)c(C)c(N=Nc4cc(C)c(N=Nc5cc(CO)c(N=Nc6nc7c(S(=O)(=O)O)cc8ccc(S(=O)(=O)O)cc8c7s6)cc5SCCCS(=O)(=O)O)cc4OCCCS(=O)(=O)O)c(O)n32)c1S(=O)(=O)O. The van der Waals surface area contributed by atoms with Crippen LogP contribution in [0.2, 0.25) is 0 Å². The van der Waals surface area contributed by atoms with Crippen LogP contribution in [0, 0.1) is 25.2 Å². The molecule has 3 aromatic heterocycles. The van der Waals surface area contributed by atoms with Crippen molar-refractivity contribution in [1.29, 1.82) is 5.26 Å². The Balaban J connectivity index is 1.20. The van der Waals surface area contributed by atoms with Gasteiger partial charge in [0.1, 0.15) is 43.9 Å². The molecule has 0 radical (unpaired) electrons. The van der Waals surface area contributed by atoms with Crippen LogP contribution < -0.4 is 10.1 Å². The second-order valence-corrected chi connectivity index (χ2v) is 27.1. The summed E-state index contributed by atoms with van der Waals surface area (Å²) in [4.78, 5) is 18.6. The molecule has 0 saturated carbocycles. The third kappa shape index (κ3) is 13.9. The van der Waals surface area contributed by atoms with Crippen LogP contribution in [0.5, 0.6) is 11.6 Å². The molecule has 0 aliphatic carbocycles. The van der Waals surface area contributed by atoms with E-state index in [-0.39, 0.29) is 124 Å². The zero-order valence-corrected chi connectivity index (χ0v) is 48.3. The van der Waals surface area contributed by atoms with Gasteiger partial charge in [0.15, 0.2) is 11.3 Å². The summed E-state index contributed by atoms with van der Waals surface area (Å²) in [6, 6.07) is 14.1. The van der Waals surface area contributed by atoms with E-state index in [0.29, 0.717) is 5.56 Å². The number of thiazole rings is 1. The first kappa shape index (κ1) is 61.5. The molecule has 0 saturated heterocycles. The lowest BCUT2D eigenvalue weighted by Crippen LogP contribution is -2.11. The number of aromatic nitrogens is 3. The Bertz CT molecular complexity index is 4770. The minimum Gasteiger partial charge on any atom is -0.493 e. The Hall–Kier alpha value is -7.58. The second kappa shape index (κ2) is 23.6. The fourth-order valence-corrected chi connectivity index (χ4v) is 13.2. The van der Waals surface area contributed by atoms with Crippen LogP contribution in [0.15, 0.2) is 111 Å². The number of fused-ring (bicyclic) bond motifs is 6. The Morgan fingerprint density at radius 1 is 0.759 bits per heavy atom. The van der Waals surface area contributed by atoms with Gasteiger partial charge in [-0.15, -0.1) is 37.3 Å². The van der Waals surface area contributed by atoms with Gasteiger partial charge in [0, 0.05) is 34.4 Å². The van der Waals surface area contributed by atoms with Crippen molar-refractivity contribution in [2.75, 3.05) is 29.2 Å². The summed E-state index contributed by atoms with van der Waals surface area (Å²) >= 11 is 1.76. The molecule has 8 N–H and O–H groups in total. The first-order valence-corrected chi connectivity index (χ1v) is 32.6. The van der Waals surface area contributed by atoms with Gasteiger partial charge in [0.2, 0.25) is 16.9 Å². The van der Waals surface area contributed by atoms with Gasteiger partial charge >= 0.3 is 0 Å². The summed E-state index contributed by atoms with van der Waals surface area (Å²) in [6.45, 7) is 2.97. The zero-order valence-electron chi connectivity index (χ0n) is 42.6. The summed E-state index contributed by atoms with van der Waals surface area (Å²) in [5.41, 5.74) is -1.67. The summed E-state index contributed by atoms with van der Waals surface area (Å²) in [5, 5.41) is 60.6. The Morgan fingerprint density at radius 3 is 2.07 bits per heavy atom. The summed E-state index contributed by atoms with van der Waals surface area (Å²) < 4.78 is 176. The monoisotopic (exact) mass is 1280 g/mol. The lowest BCUT2D eigenvalue weighted by molar-refractivity contribution is -0.114. The molecule has 436 valence electrons. The van der Waals surface area contributed by atoms with E-state index in [2.05, 4.69) is 46.0 Å². The molecular formula is C46H41N11O19S7. The average molecular weight is 1280 g/mol. The van der Waals surface area contributed by atoms with Gasteiger partial charge in [-0.1, -0.05) is 17.4 Å². The molecule has 0 spiro atoms. The highest BCUT2D eigenvalue weighted by molar-refractivity contribution is 7.99. The summed E-state index contributed by atoms with van der Waals surface area (Å²) in [6.07, 6.45) is -0.310. The third-order valence-corrected chi connectivity index (χ3v) is 18.2. The van der Waals surface area contributed by atoms with E-state index in [1.165, 1.54) is 43.3 Å². The highest BCUT2D eigenvalue weighted by Crippen LogP contribution is 2.45. The number of aryl methyl sites for hydroxylation is 1. The number of azo groups is 3. The quantitative estimate of drug-likeness (QED) is 0.0144. The lowest BCUT2D eigenvalue weighted by atomic mass is 10.1. The molecule has 0 bridgehead atoms. The molecule has 37 heteroatoms. The van der Waals surface area contributed by atoms with Crippen LogP contribution in [0.1, 0.15) is 42.0 Å². The molecule has 0 unspecified atom stereocenters. The van der Waals surface area contributed by atoms with E-state index in [4.69, 9.17) is 4.74 Å². The molecule has 5 aromatic carbocycles. The number of aliphatic hydroxyl groups is 1. The third-order valence-electron chi connectivity index (χ3n) is 11.8. The van der Waals surface area contributed by atoms with Gasteiger partial charge in [-0.25, -0.2) is 9.97 Å². The maximum Gasteiger partial charge on any atom is 0.298 e. The molecule has 83 heavy (non-hydrogen) atoms. The molecule has 0 fully saturated rings. The van der Waals surface area contributed by atoms with E-state index < -0.39 is 101 Å². The first-order chi connectivity index (χ1) is 38.8. The fraction of sp³-hybridized carbons (Fsp3) is 0.217. The van der Waals surface area contributed by atoms with E-state index in [9.17, 15) is 85.1 Å². The summed E-state index contributed by atoms with van der Waals surface area (Å²) in [5.74, 6) is -2.82. The minimum absolute atomic E-state index is 0.00916. The van der Waals surface area contributed by atoms with E-state index in [1.54, 1.807) is 6.92 Å². The van der Waals surface area contributed by atoms with Gasteiger partial charge in [-0.2, -0.15) is 52.5 Å². The molecule has 0 aliphatic heterocycles. The normalized spacial score (nSPS) is 13.0. The zero-order chi connectivity index (χ0) is 60.7. The first-order valence-electron chi connectivity index (χ1n) is 23.3. The highest BCUT2D eigenvalue weighted by atomic mass is 32.2. The maximum absolute atomic E-state index is 12.6. The van der Waals surface area contributed by atoms with Crippen molar-refractivity contribution in [2.45, 2.75) is 59.8 Å². The number of nitrogens with zero attached hydrogens (tertiary/aromatic N) is 10. The van der Waals surface area contributed by atoms with Gasteiger partial charge < -0.3 is 20.3 Å². The number of benzene rings is 5. The van der Waals surface area contributed by atoms with Crippen molar-refractivity contribution >= 4 is 157 Å². The molecule has 30 nitrogen and oxygen atoms in total. The number of anilines is 1. The standard InChI is InChI=1S/C46H41N11O19S7/c1-22-14-33(53-55-39-23(2)29(20-47)44-49-40-35(57(44)45(39)60)9-8-30(48-24(3)59)43(40)83(73,74)75)36(76-10-4-12-79(61,62)63)18-31(22)51-54-34-15-26(21-58)32(19-37(34)77-11-5-13-80(64,65)66)52-56-46-50-41-38(82(70,71)72)16-25-6-7-27(81(67,68)69)17-28(25)42(41)78-46/h6-9,14-19,58,60H,4-5,10-13,21H2,1-3H3,(H,48,59)(H,61,62,63)(H,64,65,66)(H,67,68,69)(H,70,71,72)(H,73,74,75). The highest BCUT2D eigenvalue weighted by Gasteiger charge is 2.29. The van der Waals surface area contributed by atoms with Crippen molar-refractivity contribution < 1.29 is 84.6 Å². The number of imidazole rings is 1. The number of hydrogen-bond donors (Lipinski definition) is 8.